The second kappa shape index (κ2) is 8.28. The normalized spacial score (nSPS) is 10.8. The number of hydrogen-bond acceptors (Lipinski definition) is 6. The Bertz CT molecular complexity index is 830. The van der Waals surface area contributed by atoms with Gasteiger partial charge in [0.25, 0.3) is 0 Å². The van der Waals surface area contributed by atoms with Crippen molar-refractivity contribution in [1.29, 1.82) is 0 Å². The van der Waals surface area contributed by atoms with Gasteiger partial charge in [-0.3, -0.25) is 4.79 Å². The lowest BCUT2D eigenvalue weighted by Gasteiger charge is -2.05. The van der Waals surface area contributed by atoms with E-state index in [1.807, 2.05) is 36.4 Å². The van der Waals surface area contributed by atoms with E-state index in [4.69, 9.17) is 4.42 Å². The highest BCUT2D eigenvalue weighted by molar-refractivity contribution is 5.89. The second-order valence-electron chi connectivity index (χ2n) is 5.73. The van der Waals surface area contributed by atoms with Gasteiger partial charge in [0.15, 0.2) is 0 Å². The SMILES string of the molecule is COC(=O)CCCCCNc1ncnc2oc(-c3ccccc3)cc12. The van der Waals surface area contributed by atoms with E-state index in [9.17, 15) is 4.79 Å². The molecule has 0 spiro atoms. The number of esters is 1. The van der Waals surface area contributed by atoms with Crippen LogP contribution in [0.1, 0.15) is 25.7 Å². The number of nitrogens with one attached hydrogen (secondary N) is 1. The third-order valence-corrected chi connectivity index (χ3v) is 3.97. The highest BCUT2D eigenvalue weighted by Gasteiger charge is 2.11. The van der Waals surface area contributed by atoms with Crippen molar-refractivity contribution >= 4 is 22.9 Å². The number of carbonyl (C=O) groups is 1. The molecule has 1 N–H and O–H groups in total. The largest absolute Gasteiger partial charge is 0.469 e. The lowest BCUT2D eigenvalue weighted by atomic mass is 10.1. The molecule has 0 radical (unpaired) electrons. The summed E-state index contributed by atoms with van der Waals surface area (Å²) in [7, 11) is 1.42. The summed E-state index contributed by atoms with van der Waals surface area (Å²) in [5.41, 5.74) is 1.58. The molecule has 2 aromatic heterocycles. The maximum absolute atomic E-state index is 11.1. The van der Waals surface area contributed by atoms with E-state index in [1.165, 1.54) is 13.4 Å². The molecule has 6 nitrogen and oxygen atoms in total. The zero-order valence-electron chi connectivity index (χ0n) is 14.2. The standard InChI is InChI=1S/C19H21N3O3/c1-24-17(23)10-6-3-7-11-20-18-15-12-16(14-8-4-2-5-9-14)25-19(15)22-13-21-18/h2,4-5,8-9,12-13H,3,6-7,10-11H2,1H3,(H,20,21,22). The first-order valence-electron chi connectivity index (χ1n) is 8.38. The summed E-state index contributed by atoms with van der Waals surface area (Å²) in [4.78, 5) is 19.6. The zero-order valence-corrected chi connectivity index (χ0v) is 14.2. The van der Waals surface area contributed by atoms with Crippen molar-refractivity contribution in [1.82, 2.24) is 9.97 Å². The minimum absolute atomic E-state index is 0.155. The van der Waals surface area contributed by atoms with Crippen LogP contribution in [0.3, 0.4) is 0 Å². The minimum Gasteiger partial charge on any atom is -0.469 e. The number of fused-ring (bicyclic) bond motifs is 1. The van der Waals surface area contributed by atoms with Crippen LogP contribution in [0.4, 0.5) is 5.82 Å². The van der Waals surface area contributed by atoms with Crippen molar-refractivity contribution in [3.63, 3.8) is 0 Å². The van der Waals surface area contributed by atoms with Crippen molar-refractivity contribution in [3.05, 3.63) is 42.7 Å². The lowest BCUT2D eigenvalue weighted by Crippen LogP contribution is -2.05. The van der Waals surface area contributed by atoms with Crippen LogP contribution < -0.4 is 5.32 Å². The Kier molecular flexibility index (Phi) is 5.61. The summed E-state index contributed by atoms with van der Waals surface area (Å²) >= 11 is 0. The van der Waals surface area contributed by atoms with Crippen molar-refractivity contribution in [3.8, 4) is 11.3 Å². The molecule has 0 saturated carbocycles. The summed E-state index contributed by atoms with van der Waals surface area (Å²) in [5.74, 6) is 1.39. The van der Waals surface area contributed by atoms with Gasteiger partial charge in [0.1, 0.15) is 17.9 Å². The minimum atomic E-state index is -0.155. The molecule has 2 heterocycles. The van der Waals surface area contributed by atoms with Gasteiger partial charge in [-0.25, -0.2) is 9.97 Å². The van der Waals surface area contributed by atoms with Gasteiger partial charge in [0, 0.05) is 18.5 Å². The van der Waals surface area contributed by atoms with Crippen molar-refractivity contribution in [2.24, 2.45) is 0 Å². The van der Waals surface area contributed by atoms with E-state index in [2.05, 4.69) is 20.0 Å². The molecule has 6 heteroatoms. The quantitative estimate of drug-likeness (QED) is 0.493. The van der Waals surface area contributed by atoms with Gasteiger partial charge >= 0.3 is 5.97 Å². The van der Waals surface area contributed by atoms with Gasteiger partial charge in [-0.2, -0.15) is 0 Å². The van der Waals surface area contributed by atoms with E-state index < -0.39 is 0 Å². The van der Waals surface area contributed by atoms with Crippen LogP contribution in [0, 0.1) is 0 Å². The van der Waals surface area contributed by atoms with Crippen molar-refractivity contribution < 1.29 is 13.9 Å². The monoisotopic (exact) mass is 339 g/mol. The second-order valence-corrected chi connectivity index (χ2v) is 5.73. The number of benzene rings is 1. The van der Waals surface area contributed by atoms with Gasteiger partial charge in [0.05, 0.1) is 12.5 Å². The van der Waals surface area contributed by atoms with Crippen LogP contribution in [-0.2, 0) is 9.53 Å². The average Bonchev–Trinajstić information content (AvgIpc) is 3.10. The van der Waals surface area contributed by atoms with Crippen LogP contribution in [0.5, 0.6) is 0 Å². The third kappa shape index (κ3) is 4.35. The van der Waals surface area contributed by atoms with E-state index in [-0.39, 0.29) is 5.97 Å². The molecule has 25 heavy (non-hydrogen) atoms. The van der Waals surface area contributed by atoms with Crippen molar-refractivity contribution in [2.45, 2.75) is 25.7 Å². The fourth-order valence-electron chi connectivity index (χ4n) is 2.62. The van der Waals surface area contributed by atoms with Gasteiger partial charge < -0.3 is 14.5 Å². The number of unbranched alkanes of at least 4 members (excludes halogenated alkanes) is 2. The molecule has 0 fully saturated rings. The Hall–Kier alpha value is -2.89. The molecule has 0 aliphatic rings. The molecular formula is C19H21N3O3. The number of aromatic nitrogens is 2. The summed E-state index contributed by atoms with van der Waals surface area (Å²) in [6, 6.07) is 11.9. The van der Waals surface area contributed by atoms with Gasteiger partial charge in [-0.1, -0.05) is 36.8 Å². The van der Waals surface area contributed by atoms with E-state index in [0.717, 1.165) is 48.3 Å². The molecule has 0 aliphatic carbocycles. The summed E-state index contributed by atoms with van der Waals surface area (Å²) < 4.78 is 10.5. The van der Waals surface area contributed by atoms with E-state index in [1.54, 1.807) is 0 Å². The number of hydrogen-bond donors (Lipinski definition) is 1. The molecule has 130 valence electrons. The van der Waals surface area contributed by atoms with Crippen LogP contribution in [0.15, 0.2) is 47.1 Å². The number of ether oxygens (including phenoxy) is 1. The van der Waals surface area contributed by atoms with Gasteiger partial charge in [-0.15, -0.1) is 0 Å². The fourth-order valence-corrected chi connectivity index (χ4v) is 2.62. The van der Waals surface area contributed by atoms with E-state index >= 15 is 0 Å². The Morgan fingerprint density at radius 3 is 2.80 bits per heavy atom. The third-order valence-electron chi connectivity index (χ3n) is 3.97. The Morgan fingerprint density at radius 1 is 1.16 bits per heavy atom. The zero-order chi connectivity index (χ0) is 17.5. The molecule has 0 aliphatic heterocycles. The molecule has 0 amide bonds. The molecular weight excluding hydrogens is 318 g/mol. The summed E-state index contributed by atoms with van der Waals surface area (Å²) in [5, 5.41) is 4.20. The smallest absolute Gasteiger partial charge is 0.305 e. The molecule has 3 aromatic rings. The van der Waals surface area contributed by atoms with Crippen LogP contribution in [-0.4, -0.2) is 29.6 Å². The summed E-state index contributed by atoms with van der Waals surface area (Å²) in [6.07, 6.45) is 4.71. The molecule has 3 rings (SSSR count). The van der Waals surface area contributed by atoms with Gasteiger partial charge in [-0.05, 0) is 18.9 Å². The first-order chi connectivity index (χ1) is 12.3. The molecule has 0 saturated heterocycles. The maximum atomic E-state index is 11.1. The Balaban J connectivity index is 1.60. The predicted molar refractivity (Wildman–Crippen MR) is 96.2 cm³/mol. The first kappa shape index (κ1) is 17.0. The molecule has 0 unspecified atom stereocenters. The molecule has 0 atom stereocenters. The number of methoxy groups -OCH3 is 1. The number of furan rings is 1. The number of rotatable bonds is 8. The topological polar surface area (TPSA) is 77.2 Å². The highest BCUT2D eigenvalue weighted by atomic mass is 16.5. The van der Waals surface area contributed by atoms with Crippen LogP contribution in [0.2, 0.25) is 0 Å². The van der Waals surface area contributed by atoms with Crippen LogP contribution in [0.25, 0.3) is 22.4 Å². The number of anilines is 1. The van der Waals surface area contributed by atoms with Gasteiger partial charge in [0.2, 0.25) is 5.71 Å². The predicted octanol–water partition coefficient (Wildman–Crippen LogP) is 4.04. The number of nitrogens with zero attached hydrogens (tertiary/aromatic N) is 2. The molecule has 1 aromatic carbocycles. The summed E-state index contributed by atoms with van der Waals surface area (Å²) in [6.45, 7) is 0.777. The maximum Gasteiger partial charge on any atom is 0.305 e. The lowest BCUT2D eigenvalue weighted by molar-refractivity contribution is -0.140. The number of carbonyl (C=O) groups excluding carboxylic acids is 1. The average molecular weight is 339 g/mol. The highest BCUT2D eigenvalue weighted by Crippen LogP contribution is 2.29. The Labute approximate surface area is 146 Å². The Morgan fingerprint density at radius 2 is 2.00 bits per heavy atom. The fraction of sp³-hybridized carbons (Fsp3) is 0.316. The van der Waals surface area contributed by atoms with E-state index in [0.29, 0.717) is 12.1 Å². The first-order valence-corrected chi connectivity index (χ1v) is 8.38. The van der Waals surface area contributed by atoms with Crippen molar-refractivity contribution in [2.75, 3.05) is 19.0 Å². The molecule has 0 bridgehead atoms. The van der Waals surface area contributed by atoms with Crippen LogP contribution >= 0.6 is 0 Å².